The summed E-state index contributed by atoms with van der Waals surface area (Å²) < 4.78 is 0.641. The fourth-order valence-corrected chi connectivity index (χ4v) is 1.10. The molecule has 0 saturated heterocycles. The predicted molar refractivity (Wildman–Crippen MR) is 39.0 cm³/mol. The molecule has 0 N–H and O–H groups in total. The maximum Gasteiger partial charge on any atom is 0.192 e. The zero-order chi connectivity index (χ0) is 6.85. The fourth-order valence-electron chi connectivity index (χ4n) is 0.606. The minimum Gasteiger partial charge on any atom is -0.289 e. The molecule has 0 unspecified atom stereocenters. The minimum absolute atomic E-state index is 0.0422. The highest BCUT2D eigenvalue weighted by atomic mass is 79.9. The van der Waals surface area contributed by atoms with E-state index in [1.807, 2.05) is 13.0 Å². The standard InChI is InChI=1S/C7H6BrO/c1-5-2-3-7(9)6(8)4-5/h2-4H,1H3. The number of rotatable bonds is 0. The van der Waals surface area contributed by atoms with E-state index in [0.717, 1.165) is 5.56 Å². The van der Waals surface area contributed by atoms with Crippen LogP contribution in [0, 0.1) is 6.92 Å². The second-order valence-electron chi connectivity index (χ2n) is 1.93. The summed E-state index contributed by atoms with van der Waals surface area (Å²) in [4.78, 5) is 0. The summed E-state index contributed by atoms with van der Waals surface area (Å²) in [6.07, 6.45) is 0. The van der Waals surface area contributed by atoms with Crippen LogP contribution in [0.2, 0.25) is 0 Å². The van der Waals surface area contributed by atoms with Crippen molar-refractivity contribution in [2.75, 3.05) is 0 Å². The van der Waals surface area contributed by atoms with Gasteiger partial charge in [-0.2, -0.15) is 0 Å². The Morgan fingerprint density at radius 1 is 1.44 bits per heavy atom. The Morgan fingerprint density at radius 3 is 2.56 bits per heavy atom. The van der Waals surface area contributed by atoms with Gasteiger partial charge < -0.3 is 0 Å². The van der Waals surface area contributed by atoms with E-state index in [0.29, 0.717) is 4.47 Å². The van der Waals surface area contributed by atoms with E-state index >= 15 is 0 Å². The van der Waals surface area contributed by atoms with Crippen LogP contribution in [0.5, 0.6) is 5.75 Å². The van der Waals surface area contributed by atoms with Crippen LogP contribution in [0.1, 0.15) is 5.56 Å². The highest BCUT2D eigenvalue weighted by Crippen LogP contribution is 2.24. The molecule has 0 aliphatic heterocycles. The van der Waals surface area contributed by atoms with Gasteiger partial charge in [0.25, 0.3) is 0 Å². The molecule has 9 heavy (non-hydrogen) atoms. The van der Waals surface area contributed by atoms with E-state index in [9.17, 15) is 5.11 Å². The third-order valence-electron chi connectivity index (χ3n) is 1.09. The molecular weight excluding hydrogens is 180 g/mol. The fraction of sp³-hybridized carbons (Fsp3) is 0.143. The van der Waals surface area contributed by atoms with Crippen molar-refractivity contribution in [3.05, 3.63) is 28.2 Å². The lowest BCUT2D eigenvalue weighted by molar-refractivity contribution is 0.352. The molecule has 0 saturated carbocycles. The third kappa shape index (κ3) is 1.45. The summed E-state index contributed by atoms with van der Waals surface area (Å²) in [5.74, 6) is 0.0422. The maximum absolute atomic E-state index is 10.7. The molecule has 0 fully saturated rings. The Balaban J connectivity index is 3.17. The van der Waals surface area contributed by atoms with Gasteiger partial charge in [0.05, 0.1) is 4.47 Å². The Kier molecular flexibility index (Phi) is 1.76. The van der Waals surface area contributed by atoms with Gasteiger partial charge in [0.2, 0.25) is 0 Å². The van der Waals surface area contributed by atoms with Crippen LogP contribution < -0.4 is 0 Å². The molecule has 0 atom stereocenters. The van der Waals surface area contributed by atoms with Crippen molar-refractivity contribution in [2.24, 2.45) is 0 Å². The quantitative estimate of drug-likeness (QED) is 0.593. The molecule has 0 aliphatic carbocycles. The SMILES string of the molecule is Cc1ccc([O])c(Br)c1. The maximum atomic E-state index is 10.7. The first-order valence-electron chi connectivity index (χ1n) is 2.63. The summed E-state index contributed by atoms with van der Waals surface area (Å²) in [6, 6.07) is 5.16. The summed E-state index contributed by atoms with van der Waals surface area (Å²) in [6.45, 7) is 1.95. The van der Waals surface area contributed by atoms with Crippen molar-refractivity contribution < 1.29 is 5.11 Å². The van der Waals surface area contributed by atoms with Crippen molar-refractivity contribution in [1.29, 1.82) is 0 Å². The van der Waals surface area contributed by atoms with Crippen LogP contribution in [-0.2, 0) is 5.11 Å². The van der Waals surface area contributed by atoms with E-state index in [4.69, 9.17) is 0 Å². The van der Waals surface area contributed by atoms with Gasteiger partial charge in [-0.05, 0) is 40.5 Å². The number of hydrogen-bond donors (Lipinski definition) is 0. The van der Waals surface area contributed by atoms with Gasteiger partial charge in [-0.15, -0.1) is 0 Å². The number of benzene rings is 1. The highest BCUT2D eigenvalue weighted by molar-refractivity contribution is 9.10. The molecule has 0 bridgehead atoms. The van der Waals surface area contributed by atoms with Crippen molar-refractivity contribution >= 4 is 15.9 Å². The molecule has 1 radical (unpaired) electrons. The topological polar surface area (TPSA) is 19.9 Å². The molecule has 0 aliphatic rings. The summed E-state index contributed by atoms with van der Waals surface area (Å²) in [5, 5.41) is 10.7. The van der Waals surface area contributed by atoms with Gasteiger partial charge in [-0.1, -0.05) is 6.07 Å². The Bertz CT molecular complexity index is 220. The van der Waals surface area contributed by atoms with E-state index in [1.54, 1.807) is 12.1 Å². The van der Waals surface area contributed by atoms with Crippen LogP contribution in [0.25, 0.3) is 0 Å². The van der Waals surface area contributed by atoms with Crippen LogP contribution in [-0.4, -0.2) is 0 Å². The normalized spacial score (nSPS) is 9.56. The van der Waals surface area contributed by atoms with Crippen LogP contribution >= 0.6 is 15.9 Å². The van der Waals surface area contributed by atoms with Gasteiger partial charge in [-0.3, -0.25) is 5.11 Å². The molecular formula is C7H6BrO. The molecule has 1 rings (SSSR count). The zero-order valence-electron chi connectivity index (χ0n) is 5.02. The summed E-state index contributed by atoms with van der Waals surface area (Å²) in [5.41, 5.74) is 1.10. The van der Waals surface area contributed by atoms with Crippen molar-refractivity contribution in [3.8, 4) is 5.75 Å². The molecule has 1 nitrogen and oxygen atoms in total. The van der Waals surface area contributed by atoms with Crippen molar-refractivity contribution in [3.63, 3.8) is 0 Å². The first kappa shape index (κ1) is 6.62. The van der Waals surface area contributed by atoms with E-state index in [1.165, 1.54) is 0 Å². The Hall–Kier alpha value is -0.500. The van der Waals surface area contributed by atoms with E-state index in [2.05, 4.69) is 15.9 Å². The lowest BCUT2D eigenvalue weighted by atomic mass is 10.2. The van der Waals surface area contributed by atoms with Gasteiger partial charge in [-0.25, -0.2) is 0 Å². The lowest BCUT2D eigenvalue weighted by Gasteiger charge is -1.92. The molecule has 0 spiro atoms. The molecule has 0 amide bonds. The van der Waals surface area contributed by atoms with Gasteiger partial charge in [0.15, 0.2) is 5.75 Å². The Morgan fingerprint density at radius 2 is 2.11 bits per heavy atom. The lowest BCUT2D eigenvalue weighted by Crippen LogP contribution is -1.70. The van der Waals surface area contributed by atoms with Crippen LogP contribution in [0.15, 0.2) is 22.7 Å². The van der Waals surface area contributed by atoms with Crippen LogP contribution in [0.4, 0.5) is 0 Å². The average Bonchev–Trinajstić information content (AvgIpc) is 1.80. The number of halogens is 1. The smallest absolute Gasteiger partial charge is 0.192 e. The Labute approximate surface area is 62.5 Å². The van der Waals surface area contributed by atoms with E-state index in [-0.39, 0.29) is 5.75 Å². The van der Waals surface area contributed by atoms with Crippen molar-refractivity contribution in [1.82, 2.24) is 0 Å². The summed E-state index contributed by atoms with van der Waals surface area (Å²) >= 11 is 3.13. The average molecular weight is 186 g/mol. The van der Waals surface area contributed by atoms with Crippen molar-refractivity contribution in [2.45, 2.75) is 6.92 Å². The number of aryl methyl sites for hydroxylation is 1. The first-order valence-corrected chi connectivity index (χ1v) is 3.42. The zero-order valence-corrected chi connectivity index (χ0v) is 6.60. The second-order valence-corrected chi connectivity index (χ2v) is 2.79. The molecule has 1 aromatic rings. The monoisotopic (exact) mass is 185 g/mol. The predicted octanol–water partition coefficient (Wildman–Crippen LogP) is 2.90. The molecule has 0 aromatic heterocycles. The molecule has 0 heterocycles. The highest BCUT2D eigenvalue weighted by Gasteiger charge is 1.96. The first-order chi connectivity index (χ1) is 4.20. The summed E-state index contributed by atoms with van der Waals surface area (Å²) in [7, 11) is 0. The molecule has 1 aromatic carbocycles. The largest absolute Gasteiger partial charge is 0.289 e. The molecule has 47 valence electrons. The van der Waals surface area contributed by atoms with E-state index < -0.39 is 0 Å². The second kappa shape index (κ2) is 2.40. The third-order valence-corrected chi connectivity index (χ3v) is 1.71. The molecule has 2 heteroatoms. The van der Waals surface area contributed by atoms with Gasteiger partial charge in [0.1, 0.15) is 0 Å². The number of hydrogen-bond acceptors (Lipinski definition) is 0. The minimum atomic E-state index is 0.0422. The van der Waals surface area contributed by atoms with Gasteiger partial charge >= 0.3 is 0 Å². The van der Waals surface area contributed by atoms with Gasteiger partial charge in [0, 0.05) is 0 Å². The van der Waals surface area contributed by atoms with Crippen LogP contribution in [0.3, 0.4) is 0 Å².